The van der Waals surface area contributed by atoms with Gasteiger partial charge in [0.2, 0.25) is 0 Å². The van der Waals surface area contributed by atoms with E-state index in [2.05, 4.69) is 27.8 Å². The van der Waals surface area contributed by atoms with Crippen LogP contribution in [0.1, 0.15) is 28.9 Å². The van der Waals surface area contributed by atoms with Crippen LogP contribution in [0.5, 0.6) is 0 Å². The number of aromatic nitrogens is 1. The number of hydrogen-bond acceptors (Lipinski definition) is 4. The number of hydrogen-bond donors (Lipinski definition) is 0. The first-order valence-corrected chi connectivity index (χ1v) is 10.0. The molecule has 1 amide bonds. The molecule has 0 atom stereocenters. The van der Waals surface area contributed by atoms with Crippen molar-refractivity contribution < 1.29 is 13.2 Å². The predicted octanol–water partition coefficient (Wildman–Crippen LogP) is 1.93. The van der Waals surface area contributed by atoms with Crippen molar-refractivity contribution in [3.63, 3.8) is 0 Å². The summed E-state index contributed by atoms with van der Waals surface area (Å²) >= 11 is 0. The smallest absolute Gasteiger partial charge is 0.269 e. The average molecular weight is 359 g/mol. The number of carbonyl (C=O) groups is 1. The van der Waals surface area contributed by atoms with Crippen LogP contribution in [0.25, 0.3) is 0 Å². The maximum Gasteiger partial charge on any atom is 0.269 e. The molecule has 4 rings (SSSR count). The van der Waals surface area contributed by atoms with E-state index in [0.29, 0.717) is 12.0 Å². The van der Waals surface area contributed by atoms with Crippen LogP contribution in [0.3, 0.4) is 0 Å². The van der Waals surface area contributed by atoms with Crippen molar-refractivity contribution in [3.8, 4) is 0 Å². The maximum absolute atomic E-state index is 12.5. The predicted molar refractivity (Wildman–Crippen MR) is 93.6 cm³/mol. The maximum atomic E-state index is 12.5. The molecule has 0 saturated carbocycles. The highest BCUT2D eigenvalue weighted by atomic mass is 32.2. The molecule has 132 valence electrons. The molecule has 25 heavy (non-hydrogen) atoms. The summed E-state index contributed by atoms with van der Waals surface area (Å²) in [6.45, 7) is 4.10. The number of rotatable bonds is 5. The van der Waals surface area contributed by atoms with Crippen molar-refractivity contribution in [2.45, 2.75) is 30.8 Å². The van der Waals surface area contributed by atoms with E-state index in [0.717, 1.165) is 36.9 Å². The van der Waals surface area contributed by atoms with Gasteiger partial charge in [-0.25, -0.2) is 12.7 Å². The second kappa shape index (κ2) is 6.31. The second-order valence-electron chi connectivity index (χ2n) is 6.55. The zero-order chi connectivity index (χ0) is 17.4. The number of nitrogens with zero attached hydrogens (tertiary/aromatic N) is 3. The van der Waals surface area contributed by atoms with E-state index in [1.165, 1.54) is 11.8 Å². The van der Waals surface area contributed by atoms with E-state index in [9.17, 15) is 13.2 Å². The van der Waals surface area contributed by atoms with Gasteiger partial charge in [-0.1, -0.05) is 12.1 Å². The lowest BCUT2D eigenvalue weighted by atomic mass is 10.2. The largest absolute Gasteiger partial charge is 0.349 e. The first kappa shape index (κ1) is 16.4. The number of fused-ring (bicyclic) bond motifs is 2. The van der Waals surface area contributed by atoms with E-state index >= 15 is 0 Å². The van der Waals surface area contributed by atoms with E-state index in [4.69, 9.17) is 0 Å². The van der Waals surface area contributed by atoms with Crippen molar-refractivity contribution in [1.82, 2.24) is 13.8 Å². The zero-order valence-corrected chi connectivity index (χ0v) is 14.8. The van der Waals surface area contributed by atoms with Gasteiger partial charge in [-0.05, 0) is 43.7 Å². The van der Waals surface area contributed by atoms with Crippen molar-refractivity contribution in [3.05, 3.63) is 53.9 Å². The number of sulfonamides is 1. The molecule has 2 aromatic rings. The molecule has 7 heteroatoms. The molecule has 0 bridgehead atoms. The Morgan fingerprint density at radius 3 is 2.60 bits per heavy atom. The summed E-state index contributed by atoms with van der Waals surface area (Å²) in [5.41, 5.74) is 1.61. The summed E-state index contributed by atoms with van der Waals surface area (Å²) in [6.07, 6.45) is 3.65. The molecule has 1 aromatic heterocycles. The standard InChI is InChI=1S/C18H21N3O3S/c22-18-16-7-1-2-8-17(16)25(23,24)21(18)11-4-3-9-19-12-13-20-10-5-6-15(20)14-19/h1-2,5-8,10H,3-4,9,11-14H2. The first-order valence-electron chi connectivity index (χ1n) is 8.60. The molecule has 1 aromatic carbocycles. The van der Waals surface area contributed by atoms with Gasteiger partial charge in [0.1, 0.15) is 4.90 Å². The van der Waals surface area contributed by atoms with Crippen LogP contribution in [-0.4, -0.2) is 47.7 Å². The van der Waals surface area contributed by atoms with Crippen LogP contribution in [0.15, 0.2) is 47.5 Å². The fourth-order valence-electron chi connectivity index (χ4n) is 3.60. The third-order valence-corrected chi connectivity index (χ3v) is 6.80. The summed E-state index contributed by atoms with van der Waals surface area (Å²) in [5, 5.41) is 0. The van der Waals surface area contributed by atoms with Crippen LogP contribution >= 0.6 is 0 Å². The highest BCUT2D eigenvalue weighted by Gasteiger charge is 2.40. The number of benzene rings is 1. The Morgan fingerprint density at radius 1 is 0.960 bits per heavy atom. The van der Waals surface area contributed by atoms with Crippen LogP contribution in [0.4, 0.5) is 0 Å². The number of amides is 1. The summed E-state index contributed by atoms with van der Waals surface area (Å²) in [5.74, 6) is -0.397. The van der Waals surface area contributed by atoms with Gasteiger partial charge in [0.15, 0.2) is 0 Å². The van der Waals surface area contributed by atoms with Gasteiger partial charge in [-0.15, -0.1) is 0 Å². The lowest BCUT2D eigenvalue weighted by Crippen LogP contribution is -2.35. The average Bonchev–Trinajstić information content (AvgIpc) is 3.15. The molecule has 0 aliphatic carbocycles. The van der Waals surface area contributed by atoms with Crippen LogP contribution in [-0.2, 0) is 23.1 Å². The Hall–Kier alpha value is -2.12. The molecule has 0 spiro atoms. The van der Waals surface area contributed by atoms with Gasteiger partial charge < -0.3 is 4.57 Å². The summed E-state index contributed by atoms with van der Waals surface area (Å²) < 4.78 is 28.3. The van der Waals surface area contributed by atoms with Gasteiger partial charge in [-0.2, -0.15) is 0 Å². The molecule has 6 nitrogen and oxygen atoms in total. The minimum absolute atomic E-state index is 0.136. The number of unbranched alkanes of at least 4 members (excludes halogenated alkanes) is 1. The Kier molecular flexibility index (Phi) is 4.13. The van der Waals surface area contributed by atoms with Crippen molar-refractivity contribution >= 4 is 15.9 Å². The molecule has 0 radical (unpaired) electrons. The van der Waals surface area contributed by atoms with Gasteiger partial charge in [0.25, 0.3) is 15.9 Å². The lowest BCUT2D eigenvalue weighted by molar-refractivity contribution is 0.0868. The van der Waals surface area contributed by atoms with Gasteiger partial charge in [-0.3, -0.25) is 9.69 Å². The third kappa shape index (κ3) is 2.87. The van der Waals surface area contributed by atoms with Crippen molar-refractivity contribution in [2.75, 3.05) is 19.6 Å². The highest BCUT2D eigenvalue weighted by Crippen LogP contribution is 2.30. The van der Waals surface area contributed by atoms with Gasteiger partial charge in [0.05, 0.1) is 5.56 Å². The van der Waals surface area contributed by atoms with Crippen molar-refractivity contribution in [1.29, 1.82) is 0 Å². The number of carbonyl (C=O) groups excluding carboxylic acids is 1. The third-order valence-electron chi connectivity index (χ3n) is 4.96. The summed E-state index contributed by atoms with van der Waals surface area (Å²) in [7, 11) is -3.67. The quantitative estimate of drug-likeness (QED) is 0.766. The Morgan fingerprint density at radius 2 is 1.76 bits per heavy atom. The Labute approximate surface area is 147 Å². The normalized spacial score (nSPS) is 19.0. The topological polar surface area (TPSA) is 62.6 Å². The van der Waals surface area contributed by atoms with Gasteiger partial charge in [0, 0.05) is 38.1 Å². The molecule has 2 aliphatic heterocycles. The van der Waals surface area contributed by atoms with Crippen LogP contribution in [0, 0.1) is 0 Å². The molecular formula is C18H21N3O3S. The van der Waals surface area contributed by atoms with E-state index in [-0.39, 0.29) is 11.4 Å². The van der Waals surface area contributed by atoms with E-state index in [1.807, 2.05) is 0 Å². The molecule has 0 unspecified atom stereocenters. The molecule has 0 fully saturated rings. The fraction of sp³-hybridized carbons (Fsp3) is 0.389. The van der Waals surface area contributed by atoms with Crippen LogP contribution in [0.2, 0.25) is 0 Å². The minimum atomic E-state index is -3.67. The van der Waals surface area contributed by atoms with E-state index < -0.39 is 15.9 Å². The fourth-order valence-corrected chi connectivity index (χ4v) is 5.21. The zero-order valence-electron chi connectivity index (χ0n) is 14.0. The first-order chi connectivity index (χ1) is 12.1. The molecular weight excluding hydrogens is 338 g/mol. The van der Waals surface area contributed by atoms with E-state index in [1.54, 1.807) is 18.2 Å². The second-order valence-corrected chi connectivity index (χ2v) is 8.39. The highest BCUT2D eigenvalue weighted by molar-refractivity contribution is 7.90. The SMILES string of the molecule is O=C1c2ccccc2S(=O)(=O)N1CCCCN1CCn2cccc2C1. The Bertz CT molecular complexity index is 904. The van der Waals surface area contributed by atoms with Gasteiger partial charge >= 0.3 is 0 Å². The molecule has 2 aliphatic rings. The summed E-state index contributed by atoms with van der Waals surface area (Å²) in [4.78, 5) is 14.9. The van der Waals surface area contributed by atoms with Crippen molar-refractivity contribution in [2.24, 2.45) is 0 Å². The lowest BCUT2D eigenvalue weighted by Gasteiger charge is -2.28. The summed E-state index contributed by atoms with van der Waals surface area (Å²) in [6, 6.07) is 10.6. The van der Waals surface area contributed by atoms with Crippen LogP contribution < -0.4 is 0 Å². The molecule has 0 N–H and O–H groups in total. The Balaban J connectivity index is 1.32. The monoisotopic (exact) mass is 359 g/mol. The molecule has 3 heterocycles. The molecule has 0 saturated heterocycles. The minimum Gasteiger partial charge on any atom is -0.349 e.